The van der Waals surface area contributed by atoms with Gasteiger partial charge in [0.1, 0.15) is 30.8 Å². The smallest absolute Gasteiger partial charge is 0.255 e. The normalized spacial score (nSPS) is 10.5. The zero-order valence-electron chi connectivity index (χ0n) is 18.0. The van der Waals surface area contributed by atoms with Gasteiger partial charge in [-0.05, 0) is 40.3 Å². The number of carbonyl (C=O) groups excluding carboxylic acids is 2. The van der Waals surface area contributed by atoms with Crippen molar-refractivity contribution in [2.75, 3.05) is 20.8 Å². The van der Waals surface area contributed by atoms with E-state index in [1.165, 1.54) is 32.4 Å². The van der Waals surface area contributed by atoms with Gasteiger partial charge in [0.2, 0.25) is 0 Å². The minimum absolute atomic E-state index is 0.0661. The predicted octanol–water partition coefficient (Wildman–Crippen LogP) is 2.70. The Morgan fingerprint density at radius 1 is 0.935 bits per heavy atom. The van der Waals surface area contributed by atoms with Crippen molar-refractivity contribution in [1.82, 2.24) is 5.32 Å². The lowest BCUT2D eigenvalue weighted by molar-refractivity contribution is 0.0949. The average Bonchev–Trinajstić information content (AvgIpc) is 2.75. The lowest BCUT2D eigenvalue weighted by atomic mass is 9.90. The molecule has 0 radical (unpaired) electrons. The molecule has 2 rings (SSSR count). The number of carbonyl (C=O) groups is 2. The fraction of sp³-hybridized carbons (Fsp3) is 0.364. The van der Waals surface area contributed by atoms with E-state index in [2.05, 4.69) is 21.2 Å². The van der Waals surface area contributed by atoms with Crippen molar-refractivity contribution in [3.05, 3.63) is 39.9 Å². The molecule has 0 fully saturated rings. The summed E-state index contributed by atoms with van der Waals surface area (Å²) in [6.45, 7) is 0.467. The van der Waals surface area contributed by atoms with Crippen LogP contribution in [-0.2, 0) is 0 Å². The molecule has 31 heavy (non-hydrogen) atoms. The minimum atomic E-state index is -0.360. The van der Waals surface area contributed by atoms with Crippen molar-refractivity contribution >= 4 is 40.9 Å². The highest BCUT2D eigenvalue weighted by atomic mass is 79.9. The second-order valence-electron chi connectivity index (χ2n) is 7.19. The van der Waals surface area contributed by atoms with Crippen LogP contribution in [0.4, 0.5) is 0 Å². The van der Waals surface area contributed by atoms with Gasteiger partial charge in [-0.2, -0.15) is 0 Å². The molecule has 1 amide bonds. The summed E-state index contributed by atoms with van der Waals surface area (Å²) in [7, 11) is 4.83. The molecule has 2 aromatic carbocycles. The van der Waals surface area contributed by atoms with Gasteiger partial charge in [0.05, 0.1) is 29.8 Å². The summed E-state index contributed by atoms with van der Waals surface area (Å²) < 4.78 is 10.8. The number of benzene rings is 2. The van der Waals surface area contributed by atoms with Crippen molar-refractivity contribution in [3.63, 3.8) is 0 Å². The molecule has 0 atom stereocenters. The molecule has 0 aliphatic carbocycles. The number of hydrogen-bond donors (Lipinski definition) is 3. The molecule has 0 spiro atoms. The monoisotopic (exact) mass is 491 g/mol. The quantitative estimate of drug-likeness (QED) is 0.253. The summed E-state index contributed by atoms with van der Waals surface area (Å²) in [6, 6.07) is 6.02. The van der Waals surface area contributed by atoms with Crippen molar-refractivity contribution in [2.45, 2.75) is 32.1 Å². The molecule has 9 heteroatoms. The SMILES string of the molecule is Bc1cc(C(=O)CCCCCCNC(=O)c2cc(Br)c(OC)cc2O)c(O)cc1OC. The van der Waals surface area contributed by atoms with Crippen molar-refractivity contribution < 1.29 is 29.3 Å². The highest BCUT2D eigenvalue weighted by molar-refractivity contribution is 9.10. The zero-order chi connectivity index (χ0) is 23.0. The van der Waals surface area contributed by atoms with Crippen LogP contribution in [0.3, 0.4) is 0 Å². The molecule has 0 aromatic heterocycles. The van der Waals surface area contributed by atoms with Crippen LogP contribution < -0.4 is 20.3 Å². The van der Waals surface area contributed by atoms with Gasteiger partial charge in [-0.25, -0.2) is 0 Å². The van der Waals surface area contributed by atoms with Crippen LogP contribution in [0.2, 0.25) is 0 Å². The van der Waals surface area contributed by atoms with E-state index in [0.717, 1.165) is 24.7 Å². The van der Waals surface area contributed by atoms with E-state index < -0.39 is 0 Å². The van der Waals surface area contributed by atoms with Gasteiger partial charge < -0.3 is 25.0 Å². The third-order valence-electron chi connectivity index (χ3n) is 4.94. The maximum absolute atomic E-state index is 12.4. The third-order valence-corrected chi connectivity index (χ3v) is 5.56. The largest absolute Gasteiger partial charge is 0.507 e. The molecule has 3 N–H and O–H groups in total. The first-order valence-electron chi connectivity index (χ1n) is 10.0. The molecule has 0 aliphatic heterocycles. The number of phenolic OH excluding ortho intramolecular Hbond substituents is 2. The fourth-order valence-corrected chi connectivity index (χ4v) is 3.70. The zero-order valence-corrected chi connectivity index (χ0v) is 19.5. The second-order valence-corrected chi connectivity index (χ2v) is 8.04. The number of amides is 1. The number of aromatic hydroxyl groups is 2. The summed E-state index contributed by atoms with van der Waals surface area (Å²) in [4.78, 5) is 24.6. The number of ether oxygens (including phenoxy) is 2. The van der Waals surface area contributed by atoms with Crippen LogP contribution in [0.5, 0.6) is 23.0 Å². The molecular weight excluding hydrogens is 465 g/mol. The van der Waals surface area contributed by atoms with Crippen molar-refractivity contribution in [2.24, 2.45) is 0 Å². The van der Waals surface area contributed by atoms with Crippen LogP contribution in [0.15, 0.2) is 28.7 Å². The number of hydrogen-bond acceptors (Lipinski definition) is 6. The molecule has 0 heterocycles. The van der Waals surface area contributed by atoms with E-state index in [4.69, 9.17) is 9.47 Å². The van der Waals surface area contributed by atoms with E-state index >= 15 is 0 Å². The molecule has 7 nitrogen and oxygen atoms in total. The highest BCUT2D eigenvalue weighted by Crippen LogP contribution is 2.32. The maximum atomic E-state index is 12.4. The lowest BCUT2D eigenvalue weighted by Gasteiger charge is -2.10. The van der Waals surface area contributed by atoms with Crippen LogP contribution >= 0.6 is 15.9 Å². The molecule has 0 aliphatic rings. The van der Waals surface area contributed by atoms with Crippen molar-refractivity contribution in [1.29, 1.82) is 0 Å². The van der Waals surface area contributed by atoms with E-state index in [1.54, 1.807) is 6.07 Å². The van der Waals surface area contributed by atoms with E-state index in [9.17, 15) is 19.8 Å². The Morgan fingerprint density at radius 3 is 2.23 bits per heavy atom. The van der Waals surface area contributed by atoms with Gasteiger partial charge in [-0.15, -0.1) is 0 Å². The van der Waals surface area contributed by atoms with Crippen LogP contribution in [0.1, 0.15) is 52.8 Å². The Balaban J connectivity index is 1.71. The number of phenols is 2. The highest BCUT2D eigenvalue weighted by Gasteiger charge is 2.15. The molecule has 0 unspecified atom stereocenters. The molecule has 0 saturated heterocycles. The number of nitrogens with one attached hydrogen (secondary N) is 1. The average molecular weight is 492 g/mol. The predicted molar refractivity (Wildman–Crippen MR) is 125 cm³/mol. The summed E-state index contributed by atoms with van der Waals surface area (Å²) in [5.41, 5.74) is 1.29. The number of unbranched alkanes of at least 4 members (excludes halogenated alkanes) is 3. The summed E-state index contributed by atoms with van der Waals surface area (Å²) in [5.74, 6) is 0.322. The van der Waals surface area contributed by atoms with E-state index in [0.29, 0.717) is 40.9 Å². The minimum Gasteiger partial charge on any atom is -0.507 e. The molecule has 166 valence electrons. The first-order valence-corrected chi connectivity index (χ1v) is 10.8. The van der Waals surface area contributed by atoms with Crippen molar-refractivity contribution in [3.8, 4) is 23.0 Å². The number of halogens is 1. The number of methoxy groups -OCH3 is 2. The molecule has 0 saturated carbocycles. The van der Waals surface area contributed by atoms with Gasteiger partial charge in [0.15, 0.2) is 5.78 Å². The van der Waals surface area contributed by atoms with Gasteiger partial charge in [0.25, 0.3) is 5.91 Å². The van der Waals surface area contributed by atoms with Gasteiger partial charge in [0, 0.05) is 25.1 Å². The first kappa shape index (κ1) is 24.6. The molecule has 2 aromatic rings. The van der Waals surface area contributed by atoms with Gasteiger partial charge >= 0.3 is 0 Å². The Kier molecular flexibility index (Phi) is 9.24. The third kappa shape index (κ3) is 6.65. The topological polar surface area (TPSA) is 105 Å². The standard InChI is InChI=1S/C22H27BBrNO6/c1-30-20-11-18(27)13(9-15(20)23)17(26)7-5-3-4-6-8-25-22(29)14-10-16(24)21(31-2)12-19(14)28/h9-12,27-28H,3-8,23H2,1-2H3,(H,25,29). The molecular formula is C22H27BBrNO6. The van der Waals surface area contributed by atoms with Gasteiger partial charge in [-0.1, -0.05) is 18.9 Å². The summed E-state index contributed by atoms with van der Waals surface area (Å²) in [6.07, 6.45) is 3.48. The Labute approximate surface area is 191 Å². The fourth-order valence-electron chi connectivity index (χ4n) is 3.20. The summed E-state index contributed by atoms with van der Waals surface area (Å²) in [5, 5.41) is 22.8. The Hall–Kier alpha value is -2.68. The van der Waals surface area contributed by atoms with Crippen LogP contribution in [-0.4, -0.2) is 50.5 Å². The van der Waals surface area contributed by atoms with Crippen LogP contribution in [0.25, 0.3) is 0 Å². The number of rotatable bonds is 11. The number of ketones is 1. The van der Waals surface area contributed by atoms with Crippen LogP contribution in [0, 0.1) is 0 Å². The second kappa shape index (κ2) is 11.6. The molecule has 0 bridgehead atoms. The summed E-state index contributed by atoms with van der Waals surface area (Å²) >= 11 is 3.30. The van der Waals surface area contributed by atoms with E-state index in [-0.39, 0.29) is 28.8 Å². The maximum Gasteiger partial charge on any atom is 0.255 e. The number of Topliss-reactive ketones (excluding diaryl/α,β-unsaturated/α-hetero) is 1. The van der Waals surface area contributed by atoms with Gasteiger partial charge in [-0.3, -0.25) is 9.59 Å². The lowest BCUT2D eigenvalue weighted by Crippen LogP contribution is -2.24. The first-order chi connectivity index (χ1) is 14.8. The van der Waals surface area contributed by atoms with E-state index in [1.807, 2.05) is 7.85 Å². The Morgan fingerprint density at radius 2 is 1.55 bits per heavy atom. The Bertz CT molecular complexity index is 875.